The summed E-state index contributed by atoms with van der Waals surface area (Å²) in [5.74, 6) is 0.154. The summed E-state index contributed by atoms with van der Waals surface area (Å²) in [6, 6.07) is 9.51. The molecule has 5 nitrogen and oxygen atoms in total. The molecule has 1 saturated heterocycles. The Kier molecular flexibility index (Phi) is 3.48. The minimum atomic E-state index is -0.191. The molecule has 1 unspecified atom stereocenters. The summed E-state index contributed by atoms with van der Waals surface area (Å²) < 4.78 is 10.8. The molecule has 100 valence electrons. The van der Waals surface area contributed by atoms with E-state index < -0.39 is 0 Å². The SMILES string of the molecule is O=C(NCC1COCCN1)c1cc2ccccc2o1. The molecule has 0 bridgehead atoms. The summed E-state index contributed by atoms with van der Waals surface area (Å²) in [6.07, 6.45) is 0. The zero-order valence-electron chi connectivity index (χ0n) is 10.5. The van der Waals surface area contributed by atoms with E-state index in [0.29, 0.717) is 18.9 Å². The fourth-order valence-electron chi connectivity index (χ4n) is 2.15. The number of benzene rings is 1. The molecule has 5 heteroatoms. The number of para-hydroxylation sites is 1. The Morgan fingerprint density at radius 2 is 2.32 bits per heavy atom. The van der Waals surface area contributed by atoms with Gasteiger partial charge in [0.05, 0.1) is 13.2 Å². The fourth-order valence-corrected chi connectivity index (χ4v) is 2.15. The van der Waals surface area contributed by atoms with Gasteiger partial charge in [0, 0.05) is 24.5 Å². The molecule has 1 atom stereocenters. The molecule has 1 amide bonds. The molecule has 0 aliphatic carbocycles. The Bertz CT molecular complexity index is 540. The van der Waals surface area contributed by atoms with E-state index in [1.165, 1.54) is 0 Å². The first kappa shape index (κ1) is 12.2. The van der Waals surface area contributed by atoms with Crippen LogP contribution in [0.3, 0.4) is 0 Å². The van der Waals surface area contributed by atoms with Crippen molar-refractivity contribution in [3.05, 3.63) is 36.1 Å². The summed E-state index contributed by atoms with van der Waals surface area (Å²) in [5.41, 5.74) is 0.728. The number of fused-ring (bicyclic) bond motifs is 1. The number of nitrogens with one attached hydrogen (secondary N) is 2. The molecular formula is C14H16N2O3. The van der Waals surface area contributed by atoms with Crippen molar-refractivity contribution in [1.82, 2.24) is 10.6 Å². The van der Waals surface area contributed by atoms with Gasteiger partial charge in [-0.2, -0.15) is 0 Å². The van der Waals surface area contributed by atoms with Crippen molar-refractivity contribution in [2.24, 2.45) is 0 Å². The molecule has 2 N–H and O–H groups in total. The standard InChI is InChI=1S/C14H16N2O3/c17-14(16-8-11-9-18-6-5-15-11)13-7-10-3-1-2-4-12(10)19-13/h1-4,7,11,15H,5-6,8-9H2,(H,16,17). The molecular weight excluding hydrogens is 244 g/mol. The monoisotopic (exact) mass is 260 g/mol. The van der Waals surface area contributed by atoms with Crippen molar-refractivity contribution in [1.29, 1.82) is 0 Å². The second-order valence-corrected chi connectivity index (χ2v) is 4.58. The van der Waals surface area contributed by atoms with Gasteiger partial charge in [0.15, 0.2) is 5.76 Å². The number of hydrogen-bond acceptors (Lipinski definition) is 4. The number of morpholine rings is 1. The smallest absolute Gasteiger partial charge is 0.287 e. The van der Waals surface area contributed by atoms with Gasteiger partial charge < -0.3 is 19.8 Å². The average Bonchev–Trinajstić information content (AvgIpc) is 2.90. The number of ether oxygens (including phenoxy) is 1. The first-order valence-corrected chi connectivity index (χ1v) is 6.41. The van der Waals surface area contributed by atoms with E-state index in [1.54, 1.807) is 6.07 Å². The van der Waals surface area contributed by atoms with Crippen molar-refractivity contribution in [2.75, 3.05) is 26.3 Å². The topological polar surface area (TPSA) is 63.5 Å². The molecule has 1 aromatic carbocycles. The van der Waals surface area contributed by atoms with Gasteiger partial charge in [-0.05, 0) is 12.1 Å². The minimum Gasteiger partial charge on any atom is -0.451 e. The number of amides is 1. The van der Waals surface area contributed by atoms with E-state index in [2.05, 4.69) is 10.6 Å². The van der Waals surface area contributed by atoms with Gasteiger partial charge >= 0.3 is 0 Å². The Hall–Kier alpha value is -1.85. The lowest BCUT2D eigenvalue weighted by molar-refractivity contribution is 0.0728. The number of carbonyl (C=O) groups excluding carboxylic acids is 1. The van der Waals surface area contributed by atoms with E-state index in [9.17, 15) is 4.79 Å². The number of furan rings is 1. The van der Waals surface area contributed by atoms with E-state index in [0.717, 1.165) is 24.1 Å². The van der Waals surface area contributed by atoms with Crippen molar-refractivity contribution in [3.63, 3.8) is 0 Å². The number of rotatable bonds is 3. The van der Waals surface area contributed by atoms with Crippen LogP contribution < -0.4 is 10.6 Å². The molecule has 3 rings (SSSR count). The van der Waals surface area contributed by atoms with Crippen LogP contribution in [0.2, 0.25) is 0 Å². The molecule has 1 aliphatic heterocycles. The molecule has 0 saturated carbocycles. The quantitative estimate of drug-likeness (QED) is 0.869. The van der Waals surface area contributed by atoms with Crippen LogP contribution >= 0.6 is 0 Å². The van der Waals surface area contributed by atoms with E-state index in [1.807, 2.05) is 24.3 Å². The van der Waals surface area contributed by atoms with Crippen molar-refractivity contribution in [3.8, 4) is 0 Å². The molecule has 0 spiro atoms. The van der Waals surface area contributed by atoms with Crippen molar-refractivity contribution in [2.45, 2.75) is 6.04 Å². The third-order valence-corrected chi connectivity index (χ3v) is 3.16. The van der Waals surface area contributed by atoms with E-state index in [4.69, 9.17) is 9.15 Å². The van der Waals surface area contributed by atoms with Crippen LogP contribution in [0.25, 0.3) is 11.0 Å². The minimum absolute atomic E-state index is 0.169. The van der Waals surface area contributed by atoms with Gasteiger partial charge in [0.2, 0.25) is 0 Å². The summed E-state index contributed by atoms with van der Waals surface area (Å²) >= 11 is 0. The summed E-state index contributed by atoms with van der Waals surface area (Å²) in [7, 11) is 0. The average molecular weight is 260 g/mol. The highest BCUT2D eigenvalue weighted by atomic mass is 16.5. The maximum absolute atomic E-state index is 12.0. The van der Waals surface area contributed by atoms with Gasteiger partial charge in [0.25, 0.3) is 5.91 Å². The molecule has 19 heavy (non-hydrogen) atoms. The third-order valence-electron chi connectivity index (χ3n) is 3.16. The van der Waals surface area contributed by atoms with Crippen molar-refractivity contribution >= 4 is 16.9 Å². The molecule has 1 aliphatic rings. The molecule has 1 fully saturated rings. The van der Waals surface area contributed by atoms with Crippen LogP contribution in [-0.2, 0) is 4.74 Å². The van der Waals surface area contributed by atoms with Gasteiger partial charge in [0.1, 0.15) is 5.58 Å². The van der Waals surface area contributed by atoms with Crippen LogP contribution in [0.15, 0.2) is 34.7 Å². The lowest BCUT2D eigenvalue weighted by atomic mass is 10.2. The second kappa shape index (κ2) is 5.42. The Balaban J connectivity index is 1.63. The number of carbonyl (C=O) groups is 1. The van der Waals surface area contributed by atoms with Gasteiger partial charge in [-0.15, -0.1) is 0 Å². The maximum Gasteiger partial charge on any atom is 0.287 e. The number of hydrogen-bond donors (Lipinski definition) is 2. The van der Waals surface area contributed by atoms with E-state index >= 15 is 0 Å². The Morgan fingerprint density at radius 1 is 1.42 bits per heavy atom. The van der Waals surface area contributed by atoms with Gasteiger partial charge in [-0.1, -0.05) is 18.2 Å². The van der Waals surface area contributed by atoms with Crippen LogP contribution in [0, 0.1) is 0 Å². The normalized spacial score (nSPS) is 19.5. The molecule has 2 heterocycles. The third kappa shape index (κ3) is 2.77. The molecule has 2 aromatic rings. The van der Waals surface area contributed by atoms with Gasteiger partial charge in [-0.3, -0.25) is 4.79 Å². The summed E-state index contributed by atoms with van der Waals surface area (Å²) in [6.45, 7) is 2.72. The van der Waals surface area contributed by atoms with Gasteiger partial charge in [-0.25, -0.2) is 0 Å². The highest BCUT2D eigenvalue weighted by Crippen LogP contribution is 2.18. The lowest BCUT2D eigenvalue weighted by Gasteiger charge is -2.23. The fraction of sp³-hybridized carbons (Fsp3) is 0.357. The van der Waals surface area contributed by atoms with E-state index in [-0.39, 0.29) is 11.9 Å². The Labute approximate surface area is 110 Å². The lowest BCUT2D eigenvalue weighted by Crippen LogP contribution is -2.48. The second-order valence-electron chi connectivity index (χ2n) is 4.58. The Morgan fingerprint density at radius 3 is 3.11 bits per heavy atom. The predicted molar refractivity (Wildman–Crippen MR) is 71.2 cm³/mol. The summed E-state index contributed by atoms with van der Waals surface area (Å²) in [4.78, 5) is 12.0. The van der Waals surface area contributed by atoms with Crippen LogP contribution in [0.4, 0.5) is 0 Å². The first-order valence-electron chi connectivity index (χ1n) is 6.41. The maximum atomic E-state index is 12.0. The largest absolute Gasteiger partial charge is 0.451 e. The van der Waals surface area contributed by atoms with Crippen LogP contribution in [0.1, 0.15) is 10.6 Å². The zero-order chi connectivity index (χ0) is 13.1. The predicted octanol–water partition coefficient (Wildman–Crippen LogP) is 1.15. The molecule has 0 radical (unpaired) electrons. The summed E-state index contributed by atoms with van der Waals surface area (Å²) in [5, 5.41) is 7.07. The highest BCUT2D eigenvalue weighted by Gasteiger charge is 2.16. The van der Waals surface area contributed by atoms with Crippen LogP contribution in [-0.4, -0.2) is 38.3 Å². The van der Waals surface area contributed by atoms with Crippen molar-refractivity contribution < 1.29 is 13.9 Å². The van der Waals surface area contributed by atoms with Crippen LogP contribution in [0.5, 0.6) is 0 Å². The first-order chi connectivity index (χ1) is 9.33. The molecule has 1 aromatic heterocycles. The highest BCUT2D eigenvalue weighted by molar-refractivity contribution is 5.96. The zero-order valence-corrected chi connectivity index (χ0v) is 10.5.